The molecule has 4 nitrogen and oxygen atoms in total. The minimum absolute atomic E-state index is 0.131. The molecular weight excluding hydrogens is 215 g/mol. The molecular formula is C10H19O4P. The van der Waals surface area contributed by atoms with Crippen LogP contribution in [0, 0.1) is 5.41 Å². The van der Waals surface area contributed by atoms with Gasteiger partial charge in [0.25, 0.3) is 0 Å². The van der Waals surface area contributed by atoms with Crippen LogP contribution < -0.4 is 0 Å². The van der Waals surface area contributed by atoms with Crippen LogP contribution in [0.4, 0.5) is 0 Å². The highest BCUT2D eigenvalue weighted by Crippen LogP contribution is 2.35. The lowest BCUT2D eigenvalue weighted by Crippen LogP contribution is -2.08. The van der Waals surface area contributed by atoms with E-state index in [1.807, 2.05) is 6.08 Å². The molecule has 0 aliphatic carbocycles. The summed E-state index contributed by atoms with van der Waals surface area (Å²) >= 11 is 0. The topological polar surface area (TPSA) is 66.8 Å². The number of allylic oxidation sites excluding steroid dienone is 3. The molecule has 0 spiro atoms. The first-order valence-electron chi connectivity index (χ1n) is 4.91. The first-order valence-corrected chi connectivity index (χ1v) is 6.44. The highest BCUT2D eigenvalue weighted by atomic mass is 31.2. The van der Waals surface area contributed by atoms with E-state index >= 15 is 0 Å². The van der Waals surface area contributed by atoms with Crippen LogP contribution in [0.3, 0.4) is 0 Å². The van der Waals surface area contributed by atoms with Gasteiger partial charge in [0.05, 0.1) is 6.26 Å². The highest BCUT2D eigenvalue weighted by molar-refractivity contribution is 7.46. The van der Waals surface area contributed by atoms with E-state index < -0.39 is 7.82 Å². The van der Waals surface area contributed by atoms with E-state index in [2.05, 4.69) is 25.3 Å². The predicted octanol–water partition coefficient (Wildman–Crippen LogP) is 2.99. The summed E-state index contributed by atoms with van der Waals surface area (Å²) in [7, 11) is -4.38. The van der Waals surface area contributed by atoms with Crippen molar-refractivity contribution in [2.24, 2.45) is 5.41 Å². The van der Waals surface area contributed by atoms with Crippen molar-refractivity contribution in [1.82, 2.24) is 0 Å². The van der Waals surface area contributed by atoms with Gasteiger partial charge >= 0.3 is 7.82 Å². The Hall–Kier alpha value is -0.570. The molecule has 0 aromatic heterocycles. The van der Waals surface area contributed by atoms with E-state index in [1.54, 1.807) is 6.08 Å². The summed E-state index contributed by atoms with van der Waals surface area (Å²) < 4.78 is 14.4. The maximum atomic E-state index is 10.3. The third-order valence-electron chi connectivity index (χ3n) is 2.50. The molecule has 0 unspecified atom stereocenters. The number of rotatable bonds is 6. The lowest BCUT2D eigenvalue weighted by atomic mass is 9.84. The lowest BCUT2D eigenvalue weighted by molar-refractivity contribution is 0.258. The second-order valence-corrected chi connectivity index (χ2v) is 4.84. The van der Waals surface area contributed by atoms with Gasteiger partial charge in [-0.25, -0.2) is 4.57 Å². The van der Waals surface area contributed by atoms with Gasteiger partial charge in [-0.05, 0) is 24.3 Å². The summed E-state index contributed by atoms with van der Waals surface area (Å²) in [5, 5.41) is 0. The Kier molecular flexibility index (Phi) is 5.88. The predicted molar refractivity (Wildman–Crippen MR) is 60.1 cm³/mol. The Morgan fingerprint density at radius 2 is 1.80 bits per heavy atom. The smallest absolute Gasteiger partial charge is 0.412 e. The van der Waals surface area contributed by atoms with Crippen molar-refractivity contribution in [3.63, 3.8) is 0 Å². The Morgan fingerprint density at radius 1 is 1.27 bits per heavy atom. The fourth-order valence-electron chi connectivity index (χ4n) is 0.933. The summed E-state index contributed by atoms with van der Waals surface area (Å²) in [6.45, 7) is 6.33. The third-order valence-corrected chi connectivity index (χ3v) is 2.90. The van der Waals surface area contributed by atoms with E-state index in [1.165, 1.54) is 6.08 Å². The average molecular weight is 234 g/mol. The Morgan fingerprint density at radius 3 is 2.20 bits per heavy atom. The average Bonchev–Trinajstić information content (AvgIpc) is 2.15. The molecule has 0 amide bonds. The number of phosphoric acid groups is 1. The zero-order valence-electron chi connectivity index (χ0n) is 9.38. The van der Waals surface area contributed by atoms with Gasteiger partial charge in [-0.1, -0.05) is 32.9 Å². The number of hydrogen-bond acceptors (Lipinski definition) is 2. The Labute approximate surface area is 90.9 Å². The Balaban J connectivity index is 4.15. The van der Waals surface area contributed by atoms with Crippen LogP contribution in [-0.2, 0) is 9.09 Å². The van der Waals surface area contributed by atoms with Crippen LogP contribution in [0.1, 0.15) is 33.6 Å². The SMILES string of the molecule is CCC(C)(C=C/C=C/OP(=O)(O)O)CC. The largest absolute Gasteiger partial charge is 0.524 e. The van der Waals surface area contributed by atoms with Crippen LogP contribution in [0.25, 0.3) is 0 Å². The molecule has 0 bridgehead atoms. The zero-order valence-corrected chi connectivity index (χ0v) is 10.3. The van der Waals surface area contributed by atoms with Gasteiger partial charge in [0, 0.05) is 0 Å². The fourth-order valence-corrected chi connectivity index (χ4v) is 1.16. The minimum Gasteiger partial charge on any atom is -0.412 e. The van der Waals surface area contributed by atoms with Gasteiger partial charge in [0.15, 0.2) is 0 Å². The second-order valence-electron chi connectivity index (χ2n) is 3.64. The van der Waals surface area contributed by atoms with Gasteiger partial charge in [-0.3, -0.25) is 9.79 Å². The first kappa shape index (κ1) is 14.4. The molecule has 0 rings (SSSR count). The fraction of sp³-hybridized carbons (Fsp3) is 0.600. The molecule has 0 heterocycles. The van der Waals surface area contributed by atoms with Crippen LogP contribution in [0.15, 0.2) is 24.5 Å². The van der Waals surface area contributed by atoms with Crippen LogP contribution in [-0.4, -0.2) is 9.79 Å². The summed E-state index contributed by atoms with van der Waals surface area (Å²) in [6, 6.07) is 0. The van der Waals surface area contributed by atoms with Gasteiger partial charge in [0.2, 0.25) is 0 Å². The van der Waals surface area contributed by atoms with E-state index in [0.29, 0.717) is 0 Å². The van der Waals surface area contributed by atoms with Crippen LogP contribution in [0.2, 0.25) is 0 Å². The Bertz CT molecular complexity index is 273. The van der Waals surface area contributed by atoms with E-state index in [9.17, 15) is 4.57 Å². The molecule has 88 valence electrons. The van der Waals surface area contributed by atoms with Crippen molar-refractivity contribution in [3.8, 4) is 0 Å². The van der Waals surface area contributed by atoms with E-state index in [4.69, 9.17) is 9.79 Å². The van der Waals surface area contributed by atoms with Crippen molar-refractivity contribution >= 4 is 7.82 Å². The molecule has 0 saturated carbocycles. The molecule has 0 radical (unpaired) electrons. The maximum absolute atomic E-state index is 10.3. The van der Waals surface area contributed by atoms with Crippen molar-refractivity contribution in [2.75, 3.05) is 0 Å². The molecule has 0 fully saturated rings. The van der Waals surface area contributed by atoms with Crippen molar-refractivity contribution in [3.05, 3.63) is 24.5 Å². The molecule has 5 heteroatoms. The van der Waals surface area contributed by atoms with Gasteiger partial charge in [0.1, 0.15) is 0 Å². The minimum atomic E-state index is -4.38. The molecule has 2 N–H and O–H groups in total. The van der Waals surface area contributed by atoms with Gasteiger partial charge in [-0.15, -0.1) is 0 Å². The van der Waals surface area contributed by atoms with Crippen molar-refractivity contribution < 1.29 is 18.9 Å². The lowest BCUT2D eigenvalue weighted by Gasteiger charge is -2.21. The molecule has 0 saturated heterocycles. The van der Waals surface area contributed by atoms with Crippen LogP contribution in [0.5, 0.6) is 0 Å². The summed E-state index contributed by atoms with van der Waals surface area (Å²) in [4.78, 5) is 16.8. The molecule has 0 aromatic carbocycles. The number of hydrogen-bond donors (Lipinski definition) is 2. The monoisotopic (exact) mass is 234 g/mol. The molecule has 0 aliphatic rings. The quantitative estimate of drug-likeness (QED) is 0.421. The van der Waals surface area contributed by atoms with E-state index in [0.717, 1.165) is 19.1 Å². The standard InChI is InChI=1S/C10H19O4P/c1-4-10(3,5-2)8-6-7-9-14-15(11,12)13/h6-9H,4-5H2,1-3H3,(H2,11,12,13)/b8-6?,9-7+. The molecule has 0 aliphatic heterocycles. The van der Waals surface area contributed by atoms with Gasteiger partial charge < -0.3 is 4.52 Å². The normalized spacial score (nSPS) is 13.9. The summed E-state index contributed by atoms with van der Waals surface area (Å²) in [6.07, 6.45) is 8.27. The second kappa shape index (κ2) is 6.11. The zero-order chi connectivity index (χ0) is 11.9. The van der Waals surface area contributed by atoms with Crippen molar-refractivity contribution in [2.45, 2.75) is 33.6 Å². The van der Waals surface area contributed by atoms with Gasteiger partial charge in [-0.2, -0.15) is 0 Å². The maximum Gasteiger partial charge on any atom is 0.524 e. The summed E-state index contributed by atoms with van der Waals surface area (Å²) in [5.41, 5.74) is 0.131. The molecule has 15 heavy (non-hydrogen) atoms. The molecule has 0 aromatic rings. The highest BCUT2D eigenvalue weighted by Gasteiger charge is 2.14. The molecule has 0 atom stereocenters. The van der Waals surface area contributed by atoms with Crippen molar-refractivity contribution in [1.29, 1.82) is 0 Å². The summed E-state index contributed by atoms with van der Waals surface area (Å²) in [5.74, 6) is 0. The number of phosphoric ester groups is 1. The third kappa shape index (κ3) is 7.37. The first-order chi connectivity index (χ1) is 6.83. The van der Waals surface area contributed by atoms with E-state index in [-0.39, 0.29) is 5.41 Å². The van der Waals surface area contributed by atoms with Crippen LogP contribution >= 0.6 is 7.82 Å².